The third kappa shape index (κ3) is 2.72. The SMILES string of the molecule is Cc1noc(C)c1CCC(=O)Nc1cn[nH]c1. The van der Waals surface area contributed by atoms with Gasteiger partial charge in [0.1, 0.15) is 5.76 Å². The monoisotopic (exact) mass is 234 g/mol. The van der Waals surface area contributed by atoms with E-state index in [4.69, 9.17) is 4.52 Å². The maximum absolute atomic E-state index is 11.6. The number of rotatable bonds is 4. The molecule has 0 aliphatic heterocycles. The summed E-state index contributed by atoms with van der Waals surface area (Å²) in [5.74, 6) is 0.727. The summed E-state index contributed by atoms with van der Waals surface area (Å²) in [6.45, 7) is 3.73. The number of nitrogens with zero attached hydrogens (tertiary/aromatic N) is 2. The minimum Gasteiger partial charge on any atom is -0.361 e. The smallest absolute Gasteiger partial charge is 0.224 e. The predicted octanol–water partition coefficient (Wildman–Crippen LogP) is 1.59. The molecule has 0 atom stereocenters. The second-order valence-electron chi connectivity index (χ2n) is 3.84. The number of carbonyl (C=O) groups excluding carboxylic acids is 1. The molecule has 0 bridgehead atoms. The Morgan fingerprint density at radius 2 is 2.35 bits per heavy atom. The lowest BCUT2D eigenvalue weighted by molar-refractivity contribution is -0.116. The minimum absolute atomic E-state index is 0.0496. The van der Waals surface area contributed by atoms with E-state index in [1.165, 1.54) is 0 Å². The Morgan fingerprint density at radius 3 is 2.94 bits per heavy atom. The molecule has 0 aliphatic carbocycles. The number of H-pyrrole nitrogens is 1. The summed E-state index contributed by atoms with van der Waals surface area (Å²) in [6, 6.07) is 0. The van der Waals surface area contributed by atoms with E-state index >= 15 is 0 Å². The summed E-state index contributed by atoms with van der Waals surface area (Å²) >= 11 is 0. The maximum atomic E-state index is 11.6. The van der Waals surface area contributed by atoms with Crippen molar-refractivity contribution in [1.29, 1.82) is 0 Å². The molecule has 2 aromatic heterocycles. The molecule has 0 radical (unpaired) electrons. The van der Waals surface area contributed by atoms with Crippen LogP contribution < -0.4 is 5.32 Å². The molecule has 6 heteroatoms. The van der Waals surface area contributed by atoms with Crippen LogP contribution in [0.1, 0.15) is 23.4 Å². The summed E-state index contributed by atoms with van der Waals surface area (Å²) in [7, 11) is 0. The van der Waals surface area contributed by atoms with Crippen LogP contribution in [-0.4, -0.2) is 21.3 Å². The summed E-state index contributed by atoms with van der Waals surface area (Å²) in [5.41, 5.74) is 2.53. The normalized spacial score (nSPS) is 10.5. The fourth-order valence-electron chi connectivity index (χ4n) is 1.64. The zero-order chi connectivity index (χ0) is 12.3. The lowest BCUT2D eigenvalue weighted by atomic mass is 10.1. The van der Waals surface area contributed by atoms with Crippen LogP contribution in [0.5, 0.6) is 0 Å². The first-order valence-corrected chi connectivity index (χ1v) is 5.37. The molecule has 0 saturated heterocycles. The van der Waals surface area contributed by atoms with Gasteiger partial charge >= 0.3 is 0 Å². The number of aromatic nitrogens is 3. The molecule has 0 aromatic carbocycles. The van der Waals surface area contributed by atoms with Crippen LogP contribution in [0.25, 0.3) is 0 Å². The average Bonchev–Trinajstić information content (AvgIpc) is 2.88. The zero-order valence-corrected chi connectivity index (χ0v) is 9.78. The molecule has 2 N–H and O–H groups in total. The van der Waals surface area contributed by atoms with Crippen LogP contribution in [-0.2, 0) is 11.2 Å². The fraction of sp³-hybridized carbons (Fsp3) is 0.364. The molecule has 2 rings (SSSR count). The molecule has 90 valence electrons. The number of aryl methyl sites for hydroxylation is 2. The van der Waals surface area contributed by atoms with Crippen molar-refractivity contribution >= 4 is 11.6 Å². The Balaban J connectivity index is 1.88. The first-order valence-electron chi connectivity index (χ1n) is 5.37. The molecule has 17 heavy (non-hydrogen) atoms. The van der Waals surface area contributed by atoms with Crippen molar-refractivity contribution in [2.24, 2.45) is 0 Å². The molecule has 0 saturated carbocycles. The predicted molar refractivity (Wildman–Crippen MR) is 61.5 cm³/mol. The molecule has 0 aliphatic rings. The summed E-state index contributed by atoms with van der Waals surface area (Å²) in [4.78, 5) is 11.6. The Bertz CT molecular complexity index is 482. The van der Waals surface area contributed by atoms with E-state index in [9.17, 15) is 4.79 Å². The van der Waals surface area contributed by atoms with Gasteiger partial charge in [-0.2, -0.15) is 5.10 Å². The number of anilines is 1. The number of aromatic amines is 1. The highest BCUT2D eigenvalue weighted by atomic mass is 16.5. The standard InChI is InChI=1S/C11H14N4O2/c1-7-10(8(2)17-15-7)3-4-11(16)14-9-5-12-13-6-9/h5-6H,3-4H2,1-2H3,(H,12,13)(H,14,16). The maximum Gasteiger partial charge on any atom is 0.224 e. The molecule has 0 unspecified atom stereocenters. The number of carbonyl (C=O) groups is 1. The van der Waals surface area contributed by atoms with E-state index in [0.29, 0.717) is 18.5 Å². The van der Waals surface area contributed by atoms with Gasteiger partial charge in [-0.3, -0.25) is 9.89 Å². The van der Waals surface area contributed by atoms with Crippen molar-refractivity contribution in [2.45, 2.75) is 26.7 Å². The third-order valence-corrected chi connectivity index (χ3v) is 2.57. The van der Waals surface area contributed by atoms with Gasteiger partial charge in [-0.05, 0) is 20.3 Å². The molecule has 6 nitrogen and oxygen atoms in total. The van der Waals surface area contributed by atoms with E-state index in [1.54, 1.807) is 12.4 Å². The first-order chi connectivity index (χ1) is 8.16. The number of nitrogens with one attached hydrogen (secondary N) is 2. The van der Waals surface area contributed by atoms with Crippen molar-refractivity contribution in [3.05, 3.63) is 29.4 Å². The van der Waals surface area contributed by atoms with E-state index in [2.05, 4.69) is 20.7 Å². The molecule has 2 heterocycles. The average molecular weight is 234 g/mol. The van der Waals surface area contributed by atoms with Crippen molar-refractivity contribution < 1.29 is 9.32 Å². The first kappa shape index (κ1) is 11.4. The lowest BCUT2D eigenvalue weighted by Crippen LogP contribution is -2.12. The van der Waals surface area contributed by atoms with E-state index < -0.39 is 0 Å². The van der Waals surface area contributed by atoms with Crippen LogP contribution in [0.15, 0.2) is 16.9 Å². The van der Waals surface area contributed by atoms with Gasteiger partial charge in [-0.25, -0.2) is 0 Å². The second-order valence-corrected chi connectivity index (χ2v) is 3.84. The molecule has 0 fully saturated rings. The Hall–Kier alpha value is -2.11. The fourth-order valence-corrected chi connectivity index (χ4v) is 1.64. The van der Waals surface area contributed by atoms with Gasteiger partial charge in [0.05, 0.1) is 17.6 Å². The van der Waals surface area contributed by atoms with Gasteiger partial charge in [-0.15, -0.1) is 0 Å². The van der Waals surface area contributed by atoms with Crippen molar-refractivity contribution in [3.8, 4) is 0 Å². The Kier molecular flexibility index (Phi) is 3.22. The zero-order valence-electron chi connectivity index (χ0n) is 9.78. The second kappa shape index (κ2) is 4.82. The minimum atomic E-state index is -0.0496. The topological polar surface area (TPSA) is 83.8 Å². The van der Waals surface area contributed by atoms with E-state index in [-0.39, 0.29) is 5.91 Å². The molecule has 1 amide bonds. The Morgan fingerprint density at radius 1 is 1.53 bits per heavy atom. The lowest BCUT2D eigenvalue weighted by Gasteiger charge is -2.01. The molecular formula is C11H14N4O2. The van der Waals surface area contributed by atoms with Crippen LogP contribution >= 0.6 is 0 Å². The van der Waals surface area contributed by atoms with E-state index in [0.717, 1.165) is 17.0 Å². The highest BCUT2D eigenvalue weighted by molar-refractivity contribution is 5.90. The summed E-state index contributed by atoms with van der Waals surface area (Å²) in [5, 5.41) is 13.0. The van der Waals surface area contributed by atoms with Gasteiger partial charge < -0.3 is 9.84 Å². The molecule has 0 spiro atoms. The van der Waals surface area contributed by atoms with Crippen LogP contribution in [0.4, 0.5) is 5.69 Å². The van der Waals surface area contributed by atoms with Gasteiger partial charge in [0.25, 0.3) is 0 Å². The van der Waals surface area contributed by atoms with Gasteiger partial charge in [0.15, 0.2) is 0 Å². The quantitative estimate of drug-likeness (QED) is 0.841. The summed E-state index contributed by atoms with van der Waals surface area (Å²) < 4.78 is 5.04. The van der Waals surface area contributed by atoms with Gasteiger partial charge in [0, 0.05) is 18.2 Å². The van der Waals surface area contributed by atoms with Gasteiger partial charge in [0.2, 0.25) is 5.91 Å². The van der Waals surface area contributed by atoms with Crippen LogP contribution in [0.2, 0.25) is 0 Å². The Labute approximate surface area is 98.4 Å². The number of hydrogen-bond acceptors (Lipinski definition) is 4. The van der Waals surface area contributed by atoms with Crippen LogP contribution in [0, 0.1) is 13.8 Å². The van der Waals surface area contributed by atoms with Gasteiger partial charge in [-0.1, -0.05) is 5.16 Å². The largest absolute Gasteiger partial charge is 0.361 e. The van der Waals surface area contributed by atoms with E-state index in [1.807, 2.05) is 13.8 Å². The molecular weight excluding hydrogens is 220 g/mol. The summed E-state index contributed by atoms with van der Waals surface area (Å²) in [6.07, 6.45) is 4.22. The van der Waals surface area contributed by atoms with Crippen molar-refractivity contribution in [3.63, 3.8) is 0 Å². The number of amides is 1. The van der Waals surface area contributed by atoms with Crippen LogP contribution in [0.3, 0.4) is 0 Å². The highest BCUT2D eigenvalue weighted by Gasteiger charge is 2.11. The number of hydrogen-bond donors (Lipinski definition) is 2. The van der Waals surface area contributed by atoms with Crippen molar-refractivity contribution in [1.82, 2.24) is 15.4 Å². The third-order valence-electron chi connectivity index (χ3n) is 2.57. The highest BCUT2D eigenvalue weighted by Crippen LogP contribution is 2.14. The molecule has 2 aromatic rings. The van der Waals surface area contributed by atoms with Crippen molar-refractivity contribution in [2.75, 3.05) is 5.32 Å².